The molecule has 5 rings (SSSR count). The summed E-state index contributed by atoms with van der Waals surface area (Å²) in [6.07, 6.45) is 2.83. The maximum atomic E-state index is 13.4. The Labute approximate surface area is 177 Å². The van der Waals surface area contributed by atoms with Crippen LogP contribution in [0.5, 0.6) is 0 Å². The van der Waals surface area contributed by atoms with Crippen LogP contribution in [-0.2, 0) is 19.1 Å². The van der Waals surface area contributed by atoms with E-state index in [-0.39, 0.29) is 5.65 Å². The van der Waals surface area contributed by atoms with Crippen molar-refractivity contribution in [3.63, 3.8) is 0 Å². The number of nitrogens with one attached hydrogen (secondary N) is 1. The first-order valence-corrected chi connectivity index (χ1v) is 10.6. The summed E-state index contributed by atoms with van der Waals surface area (Å²) in [5.41, 5.74) is 4.70. The van der Waals surface area contributed by atoms with Gasteiger partial charge in [-0.2, -0.15) is 17.7 Å². The molecule has 2 aliphatic rings. The van der Waals surface area contributed by atoms with Gasteiger partial charge in [-0.3, -0.25) is 4.98 Å². The van der Waals surface area contributed by atoms with Crippen molar-refractivity contribution in [2.45, 2.75) is 64.7 Å². The van der Waals surface area contributed by atoms with Gasteiger partial charge in [0.05, 0.1) is 11.9 Å². The summed E-state index contributed by atoms with van der Waals surface area (Å²) in [6, 6.07) is 2.61. The van der Waals surface area contributed by atoms with Gasteiger partial charge in [0.25, 0.3) is 5.82 Å². The highest BCUT2D eigenvalue weighted by Crippen LogP contribution is 2.32. The van der Waals surface area contributed by atoms with E-state index in [0.717, 1.165) is 27.0 Å². The highest BCUT2D eigenvalue weighted by atomic mass is 19.4. The van der Waals surface area contributed by atoms with E-state index in [9.17, 15) is 13.2 Å². The number of alkyl halides is 3. The van der Waals surface area contributed by atoms with Gasteiger partial charge in [-0.1, -0.05) is 12.8 Å². The Morgan fingerprint density at radius 3 is 2.61 bits per heavy atom. The Kier molecular flexibility index (Phi) is 4.75. The Bertz CT molecular complexity index is 1130. The normalized spacial score (nSPS) is 17.4. The fraction of sp³-hybridized carbons (Fsp3) is 0.524. The standard InChI is InChI=1S/C21H24F3N7/c1-12-13(2)19(29-31-18(12)27-28-20(31)21(22,23)24)30-8-7-17-14(11-30)9-16(10-25-17)26-15-5-3-4-6-15/h9-10,15,26H,3-8,11H2,1-2H3. The van der Waals surface area contributed by atoms with Gasteiger partial charge < -0.3 is 10.2 Å². The van der Waals surface area contributed by atoms with Crippen molar-refractivity contribution >= 4 is 17.2 Å². The van der Waals surface area contributed by atoms with E-state index in [1.165, 1.54) is 25.7 Å². The van der Waals surface area contributed by atoms with E-state index < -0.39 is 12.0 Å². The Hall–Kier alpha value is -2.91. The summed E-state index contributed by atoms with van der Waals surface area (Å²) in [5.74, 6) is -0.580. The molecule has 0 amide bonds. The maximum Gasteiger partial charge on any atom is 0.453 e. The number of aromatic nitrogens is 5. The van der Waals surface area contributed by atoms with E-state index in [4.69, 9.17) is 0 Å². The number of hydrogen-bond acceptors (Lipinski definition) is 6. The molecule has 0 saturated heterocycles. The van der Waals surface area contributed by atoms with E-state index >= 15 is 0 Å². The van der Waals surface area contributed by atoms with Crippen LogP contribution in [0.2, 0.25) is 0 Å². The van der Waals surface area contributed by atoms with Gasteiger partial charge in [0.2, 0.25) is 0 Å². The molecule has 0 aromatic carbocycles. The number of aryl methyl sites for hydroxylation is 1. The second-order valence-corrected chi connectivity index (χ2v) is 8.46. The molecule has 0 spiro atoms. The summed E-state index contributed by atoms with van der Waals surface area (Å²) in [5, 5.41) is 15.0. The molecule has 164 valence electrons. The third-order valence-electron chi connectivity index (χ3n) is 6.39. The summed E-state index contributed by atoms with van der Waals surface area (Å²) < 4.78 is 40.9. The molecule has 1 N–H and O–H groups in total. The van der Waals surface area contributed by atoms with Crippen LogP contribution in [-0.4, -0.2) is 37.4 Å². The minimum absolute atomic E-state index is 0.135. The number of rotatable bonds is 3. The molecule has 0 atom stereocenters. The maximum absolute atomic E-state index is 13.4. The molecule has 0 unspecified atom stereocenters. The molecule has 10 heteroatoms. The molecule has 0 radical (unpaired) electrons. The average molecular weight is 431 g/mol. The fourth-order valence-corrected chi connectivity index (χ4v) is 4.58. The predicted molar refractivity (Wildman–Crippen MR) is 110 cm³/mol. The van der Waals surface area contributed by atoms with E-state index in [2.05, 4.69) is 31.7 Å². The van der Waals surface area contributed by atoms with Crippen molar-refractivity contribution in [2.75, 3.05) is 16.8 Å². The zero-order valence-corrected chi connectivity index (χ0v) is 17.5. The molecule has 1 aliphatic carbocycles. The lowest BCUT2D eigenvalue weighted by Gasteiger charge is -2.31. The molecule has 4 heterocycles. The minimum Gasteiger partial charge on any atom is -0.381 e. The van der Waals surface area contributed by atoms with Crippen molar-refractivity contribution in [3.05, 3.63) is 40.5 Å². The number of fused-ring (bicyclic) bond motifs is 2. The molecular formula is C21H24F3N7. The van der Waals surface area contributed by atoms with Crippen LogP contribution in [0.3, 0.4) is 0 Å². The first kappa shape index (κ1) is 20.0. The van der Waals surface area contributed by atoms with Crippen LogP contribution >= 0.6 is 0 Å². The van der Waals surface area contributed by atoms with Crippen molar-refractivity contribution in [2.24, 2.45) is 0 Å². The zero-order valence-electron chi connectivity index (χ0n) is 17.5. The summed E-state index contributed by atoms with van der Waals surface area (Å²) >= 11 is 0. The van der Waals surface area contributed by atoms with E-state index in [1.54, 1.807) is 6.92 Å². The van der Waals surface area contributed by atoms with Crippen molar-refractivity contribution in [1.82, 2.24) is 24.8 Å². The van der Waals surface area contributed by atoms with Gasteiger partial charge in [-0.05, 0) is 38.3 Å². The Morgan fingerprint density at radius 2 is 1.87 bits per heavy atom. The molecule has 7 nitrogen and oxygen atoms in total. The smallest absolute Gasteiger partial charge is 0.381 e. The lowest BCUT2D eigenvalue weighted by molar-refractivity contribution is -0.146. The SMILES string of the molecule is Cc1c(N2CCc3ncc(NC4CCCC4)cc3C2)nn2c(C(F)(F)F)nnc2c1C. The van der Waals surface area contributed by atoms with Crippen molar-refractivity contribution in [1.29, 1.82) is 0 Å². The zero-order chi connectivity index (χ0) is 21.8. The lowest BCUT2D eigenvalue weighted by atomic mass is 10.0. The van der Waals surface area contributed by atoms with Crippen LogP contribution in [0.4, 0.5) is 24.7 Å². The van der Waals surface area contributed by atoms with Gasteiger partial charge in [0.15, 0.2) is 11.5 Å². The summed E-state index contributed by atoms with van der Waals surface area (Å²) in [4.78, 5) is 6.65. The van der Waals surface area contributed by atoms with Crippen LogP contribution in [0.15, 0.2) is 12.3 Å². The van der Waals surface area contributed by atoms with Crippen LogP contribution in [0.1, 0.15) is 53.9 Å². The number of anilines is 2. The Morgan fingerprint density at radius 1 is 1.10 bits per heavy atom. The Balaban J connectivity index is 1.48. The van der Waals surface area contributed by atoms with E-state index in [0.29, 0.717) is 36.9 Å². The summed E-state index contributed by atoms with van der Waals surface area (Å²) in [7, 11) is 0. The molecule has 0 bridgehead atoms. The molecular weight excluding hydrogens is 407 g/mol. The molecule has 3 aromatic rings. The quantitative estimate of drug-likeness (QED) is 0.674. The molecule has 1 saturated carbocycles. The largest absolute Gasteiger partial charge is 0.453 e. The van der Waals surface area contributed by atoms with Gasteiger partial charge in [-0.15, -0.1) is 15.3 Å². The van der Waals surface area contributed by atoms with Gasteiger partial charge in [0.1, 0.15) is 0 Å². The third kappa shape index (κ3) is 3.57. The fourth-order valence-electron chi connectivity index (χ4n) is 4.58. The van der Waals surface area contributed by atoms with E-state index in [1.807, 2.05) is 18.0 Å². The minimum atomic E-state index is -4.62. The highest BCUT2D eigenvalue weighted by Gasteiger charge is 2.38. The number of hydrogen-bond donors (Lipinski definition) is 1. The van der Waals surface area contributed by atoms with Gasteiger partial charge in [-0.25, -0.2) is 0 Å². The molecule has 1 aliphatic heterocycles. The number of pyridine rings is 1. The average Bonchev–Trinajstić information content (AvgIpc) is 3.39. The van der Waals surface area contributed by atoms with Gasteiger partial charge in [0, 0.05) is 42.4 Å². The second kappa shape index (κ2) is 7.35. The monoisotopic (exact) mass is 431 g/mol. The molecule has 1 fully saturated rings. The third-order valence-corrected chi connectivity index (χ3v) is 6.39. The number of nitrogens with zero attached hydrogens (tertiary/aromatic N) is 6. The first-order chi connectivity index (χ1) is 14.8. The van der Waals surface area contributed by atoms with Crippen LogP contribution in [0.25, 0.3) is 5.65 Å². The lowest BCUT2D eigenvalue weighted by Crippen LogP contribution is -2.33. The van der Waals surface area contributed by atoms with Crippen LogP contribution < -0.4 is 10.2 Å². The predicted octanol–water partition coefficient (Wildman–Crippen LogP) is 4.07. The first-order valence-electron chi connectivity index (χ1n) is 10.6. The second-order valence-electron chi connectivity index (χ2n) is 8.46. The van der Waals surface area contributed by atoms with Gasteiger partial charge >= 0.3 is 6.18 Å². The molecule has 31 heavy (non-hydrogen) atoms. The highest BCUT2D eigenvalue weighted by molar-refractivity contribution is 5.60. The van der Waals surface area contributed by atoms with Crippen molar-refractivity contribution in [3.8, 4) is 0 Å². The summed E-state index contributed by atoms with van der Waals surface area (Å²) in [6.45, 7) is 4.81. The van der Waals surface area contributed by atoms with Crippen molar-refractivity contribution < 1.29 is 13.2 Å². The van der Waals surface area contributed by atoms with Crippen LogP contribution in [0, 0.1) is 13.8 Å². The topological polar surface area (TPSA) is 71.2 Å². The number of halogens is 3. The molecule has 3 aromatic heterocycles.